The third kappa shape index (κ3) is 3.92. The molecule has 3 fully saturated rings. The fourth-order valence-corrected chi connectivity index (χ4v) is 6.31. The molecule has 0 aromatic heterocycles. The van der Waals surface area contributed by atoms with Gasteiger partial charge >= 0.3 is 5.97 Å². The molecule has 0 aliphatic carbocycles. The molecule has 3 aliphatic heterocycles. The standard InChI is InChI=1S/C23H33BrN2O6/c1-6-9-26(22(3,4)5)20(29)18-23-13-14(24)17(32-23)15(21(30)31-12-7-2)16(23)19(28)25(18)10-8-11-27/h6-7,14-18,27H,1-2,8-13H2,3-5H3/t14?,15-,16+,17-,18?,23?/m1/s1. The van der Waals surface area contributed by atoms with Gasteiger partial charge in [-0.15, -0.1) is 6.58 Å². The van der Waals surface area contributed by atoms with Gasteiger partial charge in [0.05, 0.1) is 17.9 Å². The summed E-state index contributed by atoms with van der Waals surface area (Å²) >= 11 is 3.62. The highest BCUT2D eigenvalue weighted by atomic mass is 79.9. The lowest BCUT2D eigenvalue weighted by Gasteiger charge is -2.42. The molecule has 2 bridgehead atoms. The molecule has 0 radical (unpaired) electrons. The summed E-state index contributed by atoms with van der Waals surface area (Å²) in [5.41, 5.74) is -1.65. The topological polar surface area (TPSA) is 96.4 Å². The van der Waals surface area contributed by atoms with Gasteiger partial charge in [-0.05, 0) is 33.6 Å². The molecule has 32 heavy (non-hydrogen) atoms. The predicted octanol–water partition coefficient (Wildman–Crippen LogP) is 1.66. The highest BCUT2D eigenvalue weighted by molar-refractivity contribution is 9.09. The van der Waals surface area contributed by atoms with Crippen LogP contribution in [-0.2, 0) is 23.9 Å². The normalized spacial score (nSPS) is 33.2. The number of nitrogens with zero attached hydrogens (tertiary/aromatic N) is 2. The van der Waals surface area contributed by atoms with E-state index in [1.54, 1.807) is 11.0 Å². The van der Waals surface area contributed by atoms with E-state index < -0.39 is 41.1 Å². The monoisotopic (exact) mass is 512 g/mol. The zero-order valence-electron chi connectivity index (χ0n) is 19.0. The molecule has 178 valence electrons. The minimum absolute atomic E-state index is 0.0383. The number of esters is 1. The van der Waals surface area contributed by atoms with Crippen LogP contribution in [0.25, 0.3) is 0 Å². The summed E-state index contributed by atoms with van der Waals surface area (Å²) in [7, 11) is 0. The second kappa shape index (κ2) is 9.27. The van der Waals surface area contributed by atoms with Gasteiger partial charge in [0.1, 0.15) is 18.2 Å². The van der Waals surface area contributed by atoms with Crippen molar-refractivity contribution >= 4 is 33.7 Å². The van der Waals surface area contributed by atoms with Crippen LogP contribution < -0.4 is 0 Å². The van der Waals surface area contributed by atoms with Crippen LogP contribution >= 0.6 is 15.9 Å². The summed E-state index contributed by atoms with van der Waals surface area (Å²) in [5, 5.41) is 9.40. The van der Waals surface area contributed by atoms with Gasteiger partial charge in [-0.1, -0.05) is 34.7 Å². The summed E-state index contributed by atoms with van der Waals surface area (Å²) in [6.45, 7) is 13.6. The van der Waals surface area contributed by atoms with E-state index in [9.17, 15) is 19.5 Å². The second-order valence-corrected chi connectivity index (χ2v) is 10.8. The molecule has 0 aromatic rings. The number of ether oxygens (including phenoxy) is 2. The lowest BCUT2D eigenvalue weighted by molar-refractivity contribution is -0.155. The zero-order valence-corrected chi connectivity index (χ0v) is 20.5. The smallest absolute Gasteiger partial charge is 0.312 e. The Morgan fingerprint density at radius 2 is 2.06 bits per heavy atom. The van der Waals surface area contributed by atoms with Crippen molar-refractivity contribution in [2.75, 3.05) is 26.3 Å². The molecule has 8 nitrogen and oxygen atoms in total. The molecule has 9 heteroatoms. The number of fused-ring (bicyclic) bond motifs is 1. The maximum atomic E-state index is 14.0. The molecular weight excluding hydrogens is 480 g/mol. The minimum atomic E-state index is -1.13. The van der Waals surface area contributed by atoms with E-state index in [0.29, 0.717) is 19.4 Å². The first-order valence-corrected chi connectivity index (χ1v) is 11.9. The zero-order chi connectivity index (χ0) is 23.8. The van der Waals surface area contributed by atoms with Gasteiger partial charge < -0.3 is 24.4 Å². The number of amides is 2. The van der Waals surface area contributed by atoms with Crippen molar-refractivity contribution in [2.45, 2.75) is 61.7 Å². The molecule has 0 aromatic carbocycles. The fourth-order valence-electron chi connectivity index (χ4n) is 5.37. The molecular formula is C23H33BrN2O6. The lowest BCUT2D eigenvalue weighted by Crippen LogP contribution is -2.60. The molecule has 3 heterocycles. The summed E-state index contributed by atoms with van der Waals surface area (Å²) in [4.78, 5) is 43.5. The number of carbonyl (C=O) groups excluding carboxylic acids is 3. The van der Waals surface area contributed by atoms with Gasteiger partial charge in [-0.25, -0.2) is 0 Å². The third-order valence-corrected chi connectivity index (χ3v) is 7.43. The van der Waals surface area contributed by atoms with Crippen LogP contribution in [0.4, 0.5) is 0 Å². The largest absolute Gasteiger partial charge is 0.461 e. The molecule has 3 rings (SSSR count). The predicted molar refractivity (Wildman–Crippen MR) is 122 cm³/mol. The number of alkyl halides is 1. The van der Waals surface area contributed by atoms with E-state index in [4.69, 9.17) is 9.47 Å². The quantitative estimate of drug-likeness (QED) is 0.286. The number of halogens is 1. The van der Waals surface area contributed by atoms with E-state index >= 15 is 0 Å². The van der Waals surface area contributed by atoms with Gasteiger partial charge in [0.25, 0.3) is 0 Å². The van der Waals surface area contributed by atoms with Gasteiger partial charge in [0, 0.05) is 30.1 Å². The minimum Gasteiger partial charge on any atom is -0.461 e. The average Bonchev–Trinajstić information content (AvgIpc) is 3.31. The Kier molecular flexibility index (Phi) is 7.22. The third-order valence-electron chi connectivity index (χ3n) is 6.58. The second-order valence-electron chi connectivity index (χ2n) is 9.60. The Labute approximate surface area is 197 Å². The lowest BCUT2D eigenvalue weighted by atomic mass is 9.70. The Morgan fingerprint density at radius 1 is 1.38 bits per heavy atom. The number of carbonyl (C=O) groups is 3. The van der Waals surface area contributed by atoms with Crippen LogP contribution in [0.1, 0.15) is 33.6 Å². The molecule has 3 unspecified atom stereocenters. The van der Waals surface area contributed by atoms with Gasteiger partial charge in [0.15, 0.2) is 0 Å². The van der Waals surface area contributed by atoms with Crippen LogP contribution in [0, 0.1) is 11.8 Å². The van der Waals surface area contributed by atoms with Crippen LogP contribution in [0.2, 0.25) is 0 Å². The van der Waals surface area contributed by atoms with Crippen LogP contribution in [-0.4, -0.2) is 87.1 Å². The summed E-state index contributed by atoms with van der Waals surface area (Å²) in [6, 6.07) is -0.895. The summed E-state index contributed by atoms with van der Waals surface area (Å²) in [6.07, 6.45) is 3.32. The van der Waals surface area contributed by atoms with Gasteiger partial charge in [-0.3, -0.25) is 14.4 Å². The maximum absolute atomic E-state index is 14.0. The van der Waals surface area contributed by atoms with E-state index in [0.717, 1.165) is 0 Å². The highest BCUT2D eigenvalue weighted by Crippen LogP contribution is 2.60. The average molecular weight is 513 g/mol. The first-order chi connectivity index (χ1) is 15.0. The van der Waals surface area contributed by atoms with Crippen molar-refractivity contribution in [1.82, 2.24) is 9.80 Å². The number of hydrogen-bond donors (Lipinski definition) is 1. The van der Waals surface area contributed by atoms with Gasteiger partial charge in [0.2, 0.25) is 11.8 Å². The number of hydrogen-bond acceptors (Lipinski definition) is 6. The van der Waals surface area contributed by atoms with Gasteiger partial charge in [-0.2, -0.15) is 0 Å². The molecule has 1 spiro atoms. The Hall–Kier alpha value is -1.71. The van der Waals surface area contributed by atoms with E-state index in [2.05, 4.69) is 29.1 Å². The number of aliphatic hydroxyl groups excluding tert-OH is 1. The first-order valence-electron chi connectivity index (χ1n) is 11.0. The van der Waals surface area contributed by atoms with Crippen molar-refractivity contribution in [1.29, 1.82) is 0 Å². The van der Waals surface area contributed by atoms with E-state index in [-0.39, 0.29) is 36.4 Å². The van der Waals surface area contributed by atoms with Crippen molar-refractivity contribution in [3.05, 3.63) is 25.3 Å². The van der Waals surface area contributed by atoms with Crippen LogP contribution in [0.3, 0.4) is 0 Å². The Balaban J connectivity index is 2.06. The molecule has 2 amide bonds. The molecule has 3 saturated heterocycles. The molecule has 1 N–H and O–H groups in total. The van der Waals surface area contributed by atoms with Crippen LogP contribution in [0.5, 0.6) is 0 Å². The number of aliphatic hydroxyl groups is 1. The molecule has 6 atom stereocenters. The SMILES string of the molecule is C=CCOC(=O)[C@H]1[C@@H]2OC3(CC2Br)C(C(=O)N(CC=C)C(C)(C)C)N(CCCO)C(=O)[C@H]13. The van der Waals surface area contributed by atoms with Crippen molar-refractivity contribution in [2.24, 2.45) is 11.8 Å². The summed E-state index contributed by atoms with van der Waals surface area (Å²) < 4.78 is 11.7. The van der Waals surface area contributed by atoms with Crippen LogP contribution in [0.15, 0.2) is 25.3 Å². The molecule has 3 aliphatic rings. The molecule has 0 saturated carbocycles. The maximum Gasteiger partial charge on any atom is 0.312 e. The Bertz CT molecular complexity index is 796. The highest BCUT2D eigenvalue weighted by Gasteiger charge is 2.77. The fraction of sp³-hybridized carbons (Fsp3) is 0.696. The van der Waals surface area contributed by atoms with E-state index in [1.165, 1.54) is 11.0 Å². The van der Waals surface area contributed by atoms with E-state index in [1.807, 2.05) is 20.8 Å². The number of rotatable bonds is 9. The van der Waals surface area contributed by atoms with Crippen molar-refractivity contribution in [3.63, 3.8) is 0 Å². The Morgan fingerprint density at radius 3 is 2.62 bits per heavy atom. The summed E-state index contributed by atoms with van der Waals surface area (Å²) in [5.74, 6) is -2.68. The number of likely N-dealkylation sites (tertiary alicyclic amines) is 1. The first kappa shape index (κ1) is 24.9. The van der Waals surface area contributed by atoms with Crippen molar-refractivity contribution in [3.8, 4) is 0 Å². The van der Waals surface area contributed by atoms with Crippen molar-refractivity contribution < 1.29 is 29.0 Å².